The van der Waals surface area contributed by atoms with Crippen LogP contribution in [0.5, 0.6) is 5.75 Å². The van der Waals surface area contributed by atoms with E-state index >= 15 is 0 Å². The van der Waals surface area contributed by atoms with Gasteiger partial charge in [0.1, 0.15) is 5.69 Å². The third-order valence-corrected chi connectivity index (χ3v) is 2.92. The van der Waals surface area contributed by atoms with Gasteiger partial charge >= 0.3 is 0 Å². The second kappa shape index (κ2) is 5.61. The first-order valence-corrected chi connectivity index (χ1v) is 6.00. The quantitative estimate of drug-likeness (QED) is 0.792. The summed E-state index contributed by atoms with van der Waals surface area (Å²) in [7, 11) is 1.37. The molecule has 0 saturated carbocycles. The summed E-state index contributed by atoms with van der Waals surface area (Å²) in [5.74, 6) is -1.02. The van der Waals surface area contributed by atoms with Crippen molar-refractivity contribution in [1.82, 2.24) is 4.98 Å². The molecule has 0 N–H and O–H groups in total. The van der Waals surface area contributed by atoms with Gasteiger partial charge in [0, 0.05) is 6.20 Å². The smallest absolute Gasteiger partial charge is 0.214 e. The van der Waals surface area contributed by atoms with Crippen molar-refractivity contribution in [2.75, 3.05) is 7.11 Å². The number of rotatable bonds is 4. The van der Waals surface area contributed by atoms with Crippen molar-refractivity contribution in [2.45, 2.75) is 13.3 Å². The number of hydrogen-bond donors (Lipinski definition) is 0. The summed E-state index contributed by atoms with van der Waals surface area (Å²) in [4.78, 5) is 16.4. The fraction of sp³-hybridized carbons (Fsp3) is 0.200. The van der Waals surface area contributed by atoms with Gasteiger partial charge in [0.2, 0.25) is 5.78 Å². The molecule has 1 aromatic heterocycles. The molecule has 0 atom stereocenters. The summed E-state index contributed by atoms with van der Waals surface area (Å²) in [5.41, 5.74) is 1.07. The van der Waals surface area contributed by atoms with Crippen LogP contribution >= 0.6 is 0 Å². The van der Waals surface area contributed by atoms with E-state index < -0.39 is 11.6 Å². The molecule has 0 spiro atoms. The van der Waals surface area contributed by atoms with Crippen LogP contribution in [0.2, 0.25) is 0 Å². The summed E-state index contributed by atoms with van der Waals surface area (Å²) in [6.45, 7) is 1.93. The van der Waals surface area contributed by atoms with Crippen LogP contribution < -0.4 is 4.74 Å². The maximum absolute atomic E-state index is 14.1. The Hall–Kier alpha value is -2.23. The van der Waals surface area contributed by atoms with Crippen LogP contribution in [0, 0.1) is 5.82 Å². The monoisotopic (exact) mass is 259 g/mol. The lowest BCUT2D eigenvalue weighted by Gasteiger charge is -2.08. The number of ketones is 1. The number of carbonyl (C=O) groups is 1. The number of carbonyl (C=O) groups excluding carboxylic acids is 1. The highest BCUT2D eigenvalue weighted by Crippen LogP contribution is 2.22. The first-order chi connectivity index (χ1) is 9.19. The Bertz CT molecular complexity index is 611. The van der Waals surface area contributed by atoms with E-state index in [1.165, 1.54) is 25.4 Å². The molecular formula is C15H14FNO2. The molecule has 4 heteroatoms. The van der Waals surface area contributed by atoms with Crippen molar-refractivity contribution in [3.05, 3.63) is 59.2 Å². The second-order valence-corrected chi connectivity index (χ2v) is 4.02. The molecule has 0 amide bonds. The molecule has 2 aromatic rings. The van der Waals surface area contributed by atoms with Crippen LogP contribution in [0.4, 0.5) is 4.39 Å². The minimum atomic E-state index is -0.650. The van der Waals surface area contributed by atoms with E-state index in [0.717, 1.165) is 5.56 Å². The predicted octanol–water partition coefficient (Wildman–Crippen LogP) is 3.02. The fourth-order valence-electron chi connectivity index (χ4n) is 1.90. The van der Waals surface area contributed by atoms with Gasteiger partial charge in [-0.15, -0.1) is 0 Å². The summed E-state index contributed by atoms with van der Waals surface area (Å²) in [5, 5.41) is 0. The molecule has 19 heavy (non-hydrogen) atoms. The molecule has 98 valence electrons. The minimum Gasteiger partial charge on any atom is -0.494 e. The number of benzene rings is 1. The average Bonchev–Trinajstić information content (AvgIpc) is 2.46. The first-order valence-electron chi connectivity index (χ1n) is 6.00. The molecule has 0 radical (unpaired) electrons. The lowest BCUT2D eigenvalue weighted by molar-refractivity contribution is 0.102. The minimum absolute atomic E-state index is 0.0206. The highest BCUT2D eigenvalue weighted by Gasteiger charge is 2.20. The number of halogens is 1. The summed E-state index contributed by atoms with van der Waals surface area (Å²) >= 11 is 0. The van der Waals surface area contributed by atoms with Gasteiger partial charge < -0.3 is 4.74 Å². The third-order valence-electron chi connectivity index (χ3n) is 2.92. The zero-order valence-corrected chi connectivity index (χ0v) is 10.8. The highest BCUT2D eigenvalue weighted by molar-refractivity contribution is 6.09. The second-order valence-electron chi connectivity index (χ2n) is 4.02. The van der Waals surface area contributed by atoms with E-state index in [-0.39, 0.29) is 17.0 Å². The van der Waals surface area contributed by atoms with Crippen molar-refractivity contribution in [3.8, 4) is 5.75 Å². The van der Waals surface area contributed by atoms with Crippen LogP contribution in [0.1, 0.15) is 28.5 Å². The van der Waals surface area contributed by atoms with Gasteiger partial charge in [0.05, 0.1) is 12.7 Å². The molecule has 0 aliphatic rings. The van der Waals surface area contributed by atoms with E-state index in [0.29, 0.717) is 6.42 Å². The number of ether oxygens (including phenoxy) is 1. The first kappa shape index (κ1) is 13.2. The molecule has 0 aliphatic carbocycles. The normalized spacial score (nSPS) is 10.3. The van der Waals surface area contributed by atoms with E-state index in [1.807, 2.05) is 13.0 Å². The van der Waals surface area contributed by atoms with Crippen molar-refractivity contribution in [2.24, 2.45) is 0 Å². The standard InChI is InChI=1S/C15H14FNO2/c1-3-10-6-5-9-17-14(10)15(18)11-7-4-8-12(19-2)13(11)16/h4-9H,3H2,1-2H3. The average molecular weight is 259 g/mol. The van der Waals surface area contributed by atoms with Crippen molar-refractivity contribution < 1.29 is 13.9 Å². The van der Waals surface area contributed by atoms with Crippen LogP contribution in [0.15, 0.2) is 36.5 Å². The van der Waals surface area contributed by atoms with Gasteiger partial charge in [-0.1, -0.05) is 19.1 Å². The largest absolute Gasteiger partial charge is 0.494 e. The Balaban J connectivity index is 2.50. The van der Waals surface area contributed by atoms with Crippen molar-refractivity contribution >= 4 is 5.78 Å². The number of methoxy groups -OCH3 is 1. The van der Waals surface area contributed by atoms with Crippen molar-refractivity contribution in [1.29, 1.82) is 0 Å². The maximum Gasteiger partial charge on any atom is 0.214 e. The Morgan fingerprint density at radius 3 is 2.79 bits per heavy atom. The van der Waals surface area contributed by atoms with Crippen LogP contribution in [0.25, 0.3) is 0 Å². The topological polar surface area (TPSA) is 39.2 Å². The summed E-state index contributed by atoms with van der Waals surface area (Å²) < 4.78 is 19.0. The molecule has 1 heterocycles. The Morgan fingerprint density at radius 2 is 2.11 bits per heavy atom. The van der Waals surface area contributed by atoms with Gasteiger partial charge in [-0.2, -0.15) is 0 Å². The fourth-order valence-corrected chi connectivity index (χ4v) is 1.90. The molecule has 0 aliphatic heterocycles. The molecule has 0 unspecified atom stereocenters. The SMILES string of the molecule is CCc1cccnc1C(=O)c1cccc(OC)c1F. The Morgan fingerprint density at radius 1 is 1.32 bits per heavy atom. The number of aromatic nitrogens is 1. The van der Waals surface area contributed by atoms with Gasteiger partial charge in [-0.3, -0.25) is 9.78 Å². The van der Waals surface area contributed by atoms with E-state index in [9.17, 15) is 9.18 Å². The van der Waals surface area contributed by atoms with E-state index in [1.54, 1.807) is 12.1 Å². The lowest BCUT2D eigenvalue weighted by atomic mass is 10.0. The predicted molar refractivity (Wildman–Crippen MR) is 70.0 cm³/mol. The zero-order valence-electron chi connectivity index (χ0n) is 10.8. The molecule has 0 fully saturated rings. The zero-order chi connectivity index (χ0) is 13.8. The van der Waals surface area contributed by atoms with Gasteiger partial charge in [0.25, 0.3) is 0 Å². The van der Waals surface area contributed by atoms with Crippen molar-refractivity contribution in [3.63, 3.8) is 0 Å². The molecule has 0 saturated heterocycles. The van der Waals surface area contributed by atoms with E-state index in [2.05, 4.69) is 4.98 Å². The lowest BCUT2D eigenvalue weighted by Crippen LogP contribution is -2.10. The maximum atomic E-state index is 14.1. The van der Waals surface area contributed by atoms with Gasteiger partial charge in [-0.25, -0.2) is 4.39 Å². The van der Waals surface area contributed by atoms with Gasteiger partial charge in [0.15, 0.2) is 11.6 Å². The number of hydrogen-bond acceptors (Lipinski definition) is 3. The third kappa shape index (κ3) is 2.47. The summed E-state index contributed by atoms with van der Waals surface area (Å²) in [6.07, 6.45) is 2.20. The van der Waals surface area contributed by atoms with Gasteiger partial charge in [-0.05, 0) is 30.2 Å². The van der Waals surface area contributed by atoms with Crippen LogP contribution in [0.3, 0.4) is 0 Å². The molecule has 0 bridgehead atoms. The molecular weight excluding hydrogens is 245 g/mol. The van der Waals surface area contributed by atoms with Crippen LogP contribution in [-0.4, -0.2) is 17.9 Å². The Kier molecular flexibility index (Phi) is 3.90. The number of nitrogens with zero attached hydrogens (tertiary/aromatic N) is 1. The molecule has 3 nitrogen and oxygen atoms in total. The highest BCUT2D eigenvalue weighted by atomic mass is 19.1. The van der Waals surface area contributed by atoms with E-state index in [4.69, 9.17) is 4.74 Å². The molecule has 1 aromatic carbocycles. The molecule has 2 rings (SSSR count). The number of aryl methyl sites for hydroxylation is 1. The Labute approximate surface area is 111 Å². The van der Waals surface area contributed by atoms with Crippen LogP contribution in [-0.2, 0) is 6.42 Å². The number of pyridine rings is 1. The summed E-state index contributed by atoms with van der Waals surface area (Å²) in [6, 6.07) is 8.08.